The minimum atomic E-state index is -0.362. The summed E-state index contributed by atoms with van der Waals surface area (Å²) in [6.07, 6.45) is 0.232. The highest BCUT2D eigenvalue weighted by atomic mass is 19.1. The molecule has 1 aliphatic heterocycles. The van der Waals surface area contributed by atoms with E-state index in [-0.39, 0.29) is 23.7 Å². The van der Waals surface area contributed by atoms with Crippen LogP contribution in [0.5, 0.6) is 17.2 Å². The molecule has 0 aromatic heterocycles. The van der Waals surface area contributed by atoms with E-state index in [1.54, 1.807) is 24.3 Å². The SMILES string of the molecule is COc1ccc(C2C[C@H](N)c3ccc(F)cc3O2)cc1O. The Morgan fingerprint density at radius 1 is 1.29 bits per heavy atom. The molecular weight excluding hydrogens is 273 g/mol. The Labute approximate surface area is 121 Å². The molecule has 110 valence electrons. The molecule has 1 heterocycles. The molecule has 21 heavy (non-hydrogen) atoms. The van der Waals surface area contributed by atoms with Crippen molar-refractivity contribution in [2.24, 2.45) is 5.73 Å². The van der Waals surface area contributed by atoms with Gasteiger partial charge in [-0.25, -0.2) is 4.39 Å². The molecule has 1 unspecified atom stereocenters. The zero-order valence-corrected chi connectivity index (χ0v) is 11.5. The molecule has 0 spiro atoms. The highest BCUT2D eigenvalue weighted by molar-refractivity contribution is 5.44. The second-order valence-corrected chi connectivity index (χ2v) is 5.06. The molecule has 2 aromatic carbocycles. The van der Waals surface area contributed by atoms with Crippen LogP contribution in [0, 0.1) is 5.82 Å². The predicted molar refractivity (Wildman–Crippen MR) is 76.0 cm³/mol. The van der Waals surface area contributed by atoms with Crippen LogP contribution in [-0.4, -0.2) is 12.2 Å². The number of ether oxygens (including phenoxy) is 2. The monoisotopic (exact) mass is 289 g/mol. The lowest BCUT2D eigenvalue weighted by atomic mass is 9.93. The van der Waals surface area contributed by atoms with E-state index in [1.807, 2.05) is 0 Å². The lowest BCUT2D eigenvalue weighted by Gasteiger charge is -2.30. The minimum Gasteiger partial charge on any atom is -0.504 e. The third-order valence-electron chi connectivity index (χ3n) is 3.69. The fraction of sp³-hybridized carbons (Fsp3) is 0.250. The molecule has 1 aliphatic rings. The van der Waals surface area contributed by atoms with Crippen LogP contribution in [0.4, 0.5) is 4.39 Å². The summed E-state index contributed by atoms with van der Waals surface area (Å²) in [7, 11) is 1.49. The van der Waals surface area contributed by atoms with Crippen LogP contribution < -0.4 is 15.2 Å². The molecule has 3 rings (SSSR count). The van der Waals surface area contributed by atoms with Gasteiger partial charge in [0, 0.05) is 24.1 Å². The third-order valence-corrected chi connectivity index (χ3v) is 3.69. The molecule has 0 radical (unpaired) electrons. The summed E-state index contributed by atoms with van der Waals surface area (Å²) >= 11 is 0. The topological polar surface area (TPSA) is 64.7 Å². The van der Waals surface area contributed by atoms with Crippen LogP contribution in [-0.2, 0) is 0 Å². The molecule has 2 aromatic rings. The average molecular weight is 289 g/mol. The van der Waals surface area contributed by atoms with Gasteiger partial charge in [-0.1, -0.05) is 12.1 Å². The van der Waals surface area contributed by atoms with Gasteiger partial charge in [0.25, 0.3) is 0 Å². The third kappa shape index (κ3) is 2.52. The van der Waals surface area contributed by atoms with Crippen molar-refractivity contribution >= 4 is 0 Å². The van der Waals surface area contributed by atoms with Gasteiger partial charge in [-0.05, 0) is 23.8 Å². The zero-order valence-electron chi connectivity index (χ0n) is 11.5. The zero-order chi connectivity index (χ0) is 15.0. The lowest BCUT2D eigenvalue weighted by molar-refractivity contribution is 0.160. The van der Waals surface area contributed by atoms with Crippen LogP contribution in [0.1, 0.15) is 29.7 Å². The number of phenols is 1. The standard InChI is InChI=1S/C16H16FNO3/c1-20-14-5-2-9(6-13(14)19)15-8-12(18)11-4-3-10(17)7-16(11)21-15/h2-7,12,15,19H,8,18H2,1H3/t12-,15?/m0/s1. The van der Waals surface area contributed by atoms with E-state index in [0.29, 0.717) is 17.9 Å². The Balaban J connectivity index is 1.93. The second-order valence-electron chi connectivity index (χ2n) is 5.06. The number of nitrogens with two attached hydrogens (primary N) is 1. The van der Waals surface area contributed by atoms with Gasteiger partial charge >= 0.3 is 0 Å². The summed E-state index contributed by atoms with van der Waals surface area (Å²) in [6.45, 7) is 0. The van der Waals surface area contributed by atoms with Gasteiger partial charge in [-0.3, -0.25) is 0 Å². The van der Waals surface area contributed by atoms with Gasteiger partial charge in [0.1, 0.15) is 17.7 Å². The van der Waals surface area contributed by atoms with Gasteiger partial charge in [0.15, 0.2) is 11.5 Å². The number of phenolic OH excluding ortho intramolecular Hbond substituents is 1. The number of methoxy groups -OCH3 is 1. The van der Waals surface area contributed by atoms with E-state index in [4.69, 9.17) is 15.2 Å². The molecule has 0 saturated carbocycles. The van der Waals surface area contributed by atoms with E-state index in [0.717, 1.165) is 11.1 Å². The van der Waals surface area contributed by atoms with Crippen molar-refractivity contribution < 1.29 is 19.0 Å². The fourth-order valence-electron chi connectivity index (χ4n) is 2.59. The summed E-state index contributed by atoms with van der Waals surface area (Å²) in [4.78, 5) is 0. The first-order chi connectivity index (χ1) is 10.1. The van der Waals surface area contributed by atoms with Crippen LogP contribution >= 0.6 is 0 Å². The van der Waals surface area contributed by atoms with Crippen molar-refractivity contribution in [3.8, 4) is 17.2 Å². The molecule has 2 atom stereocenters. The highest BCUT2D eigenvalue weighted by Crippen LogP contribution is 2.41. The number of rotatable bonds is 2. The Hall–Kier alpha value is -2.27. The van der Waals surface area contributed by atoms with Crippen LogP contribution in [0.15, 0.2) is 36.4 Å². The fourth-order valence-corrected chi connectivity index (χ4v) is 2.59. The van der Waals surface area contributed by atoms with Crippen LogP contribution in [0.25, 0.3) is 0 Å². The average Bonchev–Trinajstić information content (AvgIpc) is 2.46. The summed E-state index contributed by atoms with van der Waals surface area (Å²) < 4.78 is 24.2. The molecule has 4 nitrogen and oxygen atoms in total. The molecule has 0 amide bonds. The molecular formula is C16H16FNO3. The maximum atomic E-state index is 13.3. The molecule has 5 heteroatoms. The van der Waals surface area contributed by atoms with Crippen molar-refractivity contribution in [1.82, 2.24) is 0 Å². The molecule has 0 aliphatic carbocycles. The Morgan fingerprint density at radius 2 is 2.10 bits per heavy atom. The first-order valence-electron chi connectivity index (χ1n) is 6.67. The number of benzene rings is 2. The van der Waals surface area contributed by atoms with Crippen LogP contribution in [0.3, 0.4) is 0 Å². The number of hydrogen-bond acceptors (Lipinski definition) is 4. The van der Waals surface area contributed by atoms with Crippen molar-refractivity contribution in [3.63, 3.8) is 0 Å². The second kappa shape index (κ2) is 5.26. The van der Waals surface area contributed by atoms with Gasteiger partial charge in [-0.2, -0.15) is 0 Å². The van der Waals surface area contributed by atoms with Crippen molar-refractivity contribution in [2.75, 3.05) is 7.11 Å². The molecule has 0 saturated heterocycles. The first-order valence-corrected chi connectivity index (χ1v) is 6.67. The number of hydrogen-bond donors (Lipinski definition) is 2. The Kier molecular flexibility index (Phi) is 3.43. The van der Waals surface area contributed by atoms with Crippen molar-refractivity contribution in [3.05, 3.63) is 53.3 Å². The van der Waals surface area contributed by atoms with E-state index in [9.17, 15) is 9.50 Å². The molecule has 0 fully saturated rings. The van der Waals surface area contributed by atoms with Gasteiger partial charge < -0.3 is 20.3 Å². The molecule has 0 bridgehead atoms. The Morgan fingerprint density at radius 3 is 2.81 bits per heavy atom. The summed E-state index contributed by atoms with van der Waals surface area (Å²) in [5, 5.41) is 9.86. The highest BCUT2D eigenvalue weighted by Gasteiger charge is 2.27. The maximum absolute atomic E-state index is 13.3. The maximum Gasteiger partial charge on any atom is 0.160 e. The smallest absolute Gasteiger partial charge is 0.160 e. The van der Waals surface area contributed by atoms with E-state index >= 15 is 0 Å². The lowest BCUT2D eigenvalue weighted by Crippen LogP contribution is -2.24. The van der Waals surface area contributed by atoms with E-state index < -0.39 is 0 Å². The van der Waals surface area contributed by atoms with Crippen molar-refractivity contribution in [1.29, 1.82) is 0 Å². The summed E-state index contributed by atoms with van der Waals surface area (Å²) in [5.41, 5.74) is 7.70. The first kappa shape index (κ1) is 13.7. The normalized spacial score (nSPS) is 20.5. The summed E-state index contributed by atoms with van der Waals surface area (Å²) in [6, 6.07) is 9.19. The van der Waals surface area contributed by atoms with Gasteiger partial charge in [0.2, 0.25) is 0 Å². The van der Waals surface area contributed by atoms with E-state index in [1.165, 1.54) is 19.2 Å². The van der Waals surface area contributed by atoms with Gasteiger partial charge in [0.05, 0.1) is 7.11 Å². The quantitative estimate of drug-likeness (QED) is 0.891. The predicted octanol–water partition coefficient (Wildman–Crippen LogP) is 3.06. The number of halogens is 1. The van der Waals surface area contributed by atoms with Crippen molar-refractivity contribution in [2.45, 2.75) is 18.6 Å². The van der Waals surface area contributed by atoms with Crippen LogP contribution in [0.2, 0.25) is 0 Å². The van der Waals surface area contributed by atoms with E-state index in [2.05, 4.69) is 0 Å². The Bertz CT molecular complexity index is 675. The minimum absolute atomic E-state index is 0.0391. The number of aromatic hydroxyl groups is 1. The number of fused-ring (bicyclic) bond motifs is 1. The largest absolute Gasteiger partial charge is 0.504 e. The molecule has 3 N–H and O–H groups in total. The van der Waals surface area contributed by atoms with Gasteiger partial charge in [-0.15, -0.1) is 0 Å². The summed E-state index contributed by atoms with van der Waals surface area (Å²) in [5.74, 6) is 0.524.